The predicted octanol–water partition coefficient (Wildman–Crippen LogP) is 3.66. The summed E-state index contributed by atoms with van der Waals surface area (Å²) in [5.41, 5.74) is 8.54. The molecule has 0 aromatic carbocycles. The lowest BCUT2D eigenvalue weighted by atomic mass is 10.1. The van der Waals surface area contributed by atoms with Gasteiger partial charge in [-0.05, 0) is 37.3 Å². The van der Waals surface area contributed by atoms with Gasteiger partial charge in [-0.25, -0.2) is 14.4 Å². The number of aromatic nitrogens is 3. The fraction of sp³-hybridized carbons (Fsp3) is 0.238. The average molecular weight is 392 g/mol. The van der Waals surface area contributed by atoms with Crippen molar-refractivity contribution in [3.8, 4) is 0 Å². The second kappa shape index (κ2) is 8.22. The van der Waals surface area contributed by atoms with Gasteiger partial charge in [0.05, 0.1) is 5.70 Å². The first-order chi connectivity index (χ1) is 14.1. The van der Waals surface area contributed by atoms with Crippen LogP contribution >= 0.6 is 0 Å². The lowest BCUT2D eigenvalue weighted by Crippen LogP contribution is -2.18. The van der Waals surface area contributed by atoms with E-state index in [2.05, 4.69) is 20.4 Å². The molecule has 7 nitrogen and oxygen atoms in total. The van der Waals surface area contributed by atoms with Crippen LogP contribution in [-0.2, 0) is 0 Å². The fourth-order valence-corrected chi connectivity index (χ4v) is 3.00. The Bertz CT molecular complexity index is 1030. The van der Waals surface area contributed by atoms with Gasteiger partial charge < -0.3 is 15.6 Å². The number of nitrogens with zero attached hydrogens (tertiary/aromatic N) is 3. The van der Waals surface area contributed by atoms with Gasteiger partial charge in [-0.3, -0.25) is 5.41 Å². The van der Waals surface area contributed by atoms with E-state index in [4.69, 9.17) is 15.7 Å². The highest BCUT2D eigenvalue weighted by molar-refractivity contribution is 6.07. The van der Waals surface area contributed by atoms with Gasteiger partial charge in [0.25, 0.3) is 0 Å². The molecule has 0 bridgehead atoms. The Balaban J connectivity index is 1.55. The van der Waals surface area contributed by atoms with Crippen molar-refractivity contribution in [2.75, 3.05) is 12.3 Å². The Labute approximate surface area is 167 Å². The number of halogens is 1. The van der Waals surface area contributed by atoms with Crippen LogP contribution in [0.5, 0.6) is 0 Å². The first-order valence-electron chi connectivity index (χ1n) is 9.41. The molecule has 0 radical (unpaired) electrons. The van der Waals surface area contributed by atoms with E-state index in [-0.39, 0.29) is 23.9 Å². The summed E-state index contributed by atoms with van der Waals surface area (Å²) >= 11 is 0. The normalized spacial score (nSPS) is 16.8. The van der Waals surface area contributed by atoms with Crippen LogP contribution in [0, 0.1) is 5.41 Å². The maximum atomic E-state index is 14.2. The lowest BCUT2D eigenvalue weighted by Gasteiger charge is -2.11. The van der Waals surface area contributed by atoms with E-state index in [0.717, 1.165) is 18.4 Å². The summed E-state index contributed by atoms with van der Waals surface area (Å²) in [6.45, 7) is 0.224. The van der Waals surface area contributed by atoms with Crippen molar-refractivity contribution >= 4 is 17.2 Å². The minimum absolute atomic E-state index is 0.0651. The number of allylic oxidation sites excluding steroid dienone is 5. The number of anilines is 1. The number of rotatable bonds is 7. The molecule has 2 aliphatic rings. The molecule has 2 aromatic rings. The molecule has 2 aliphatic carbocycles. The lowest BCUT2D eigenvalue weighted by molar-refractivity contribution is 0.417. The Hall–Kier alpha value is -3.55. The minimum Gasteiger partial charge on any atom is -0.383 e. The molecule has 0 amide bonds. The van der Waals surface area contributed by atoms with Crippen LogP contribution in [0.4, 0.5) is 10.2 Å². The van der Waals surface area contributed by atoms with Crippen LogP contribution in [0.3, 0.4) is 0 Å². The summed E-state index contributed by atoms with van der Waals surface area (Å²) in [7, 11) is 0. The quantitative estimate of drug-likeness (QED) is 0.620. The Morgan fingerprint density at radius 1 is 1.41 bits per heavy atom. The highest BCUT2D eigenvalue weighted by Crippen LogP contribution is 2.41. The first-order valence-corrected chi connectivity index (χ1v) is 9.41. The molecule has 0 spiro atoms. The van der Waals surface area contributed by atoms with Crippen LogP contribution in [0.25, 0.3) is 5.70 Å². The monoisotopic (exact) mass is 392 g/mol. The highest BCUT2D eigenvalue weighted by atomic mass is 19.1. The van der Waals surface area contributed by atoms with E-state index in [1.54, 1.807) is 18.3 Å². The molecule has 8 heteroatoms. The molecule has 29 heavy (non-hydrogen) atoms. The zero-order valence-corrected chi connectivity index (χ0v) is 15.7. The molecule has 0 unspecified atom stereocenters. The van der Waals surface area contributed by atoms with Crippen molar-refractivity contribution in [1.82, 2.24) is 20.4 Å². The van der Waals surface area contributed by atoms with E-state index in [9.17, 15) is 4.39 Å². The molecular weight excluding hydrogens is 371 g/mol. The van der Waals surface area contributed by atoms with E-state index < -0.39 is 0 Å². The number of hydrogen-bond donors (Lipinski definition) is 3. The maximum absolute atomic E-state index is 14.2. The third-order valence-corrected chi connectivity index (χ3v) is 4.75. The van der Waals surface area contributed by atoms with E-state index in [1.807, 2.05) is 12.2 Å². The molecule has 4 N–H and O–H groups in total. The van der Waals surface area contributed by atoms with E-state index >= 15 is 0 Å². The minimum atomic E-state index is -0.274. The molecular formula is C21H21FN6O. The number of nitrogen functional groups attached to an aromatic ring is 1. The molecule has 0 atom stereocenters. The van der Waals surface area contributed by atoms with Crippen molar-refractivity contribution in [3.05, 3.63) is 77.4 Å². The largest absolute Gasteiger partial charge is 0.383 e. The second-order valence-electron chi connectivity index (χ2n) is 6.93. The molecule has 2 aromatic heterocycles. The zero-order valence-electron chi connectivity index (χ0n) is 15.7. The van der Waals surface area contributed by atoms with E-state index in [0.29, 0.717) is 35.1 Å². The second-order valence-corrected chi connectivity index (χ2v) is 6.93. The average Bonchev–Trinajstić information content (AvgIpc) is 3.45. The van der Waals surface area contributed by atoms with Crippen molar-refractivity contribution in [1.29, 1.82) is 5.41 Å². The molecule has 148 valence electrons. The molecule has 4 rings (SSSR count). The van der Waals surface area contributed by atoms with Crippen molar-refractivity contribution < 1.29 is 8.91 Å². The van der Waals surface area contributed by atoms with Gasteiger partial charge in [-0.15, -0.1) is 0 Å². The summed E-state index contributed by atoms with van der Waals surface area (Å²) in [5.74, 6) is 0.793. The van der Waals surface area contributed by atoms with Gasteiger partial charge in [-0.2, -0.15) is 0 Å². The van der Waals surface area contributed by atoms with Crippen LogP contribution in [0.15, 0.2) is 64.8 Å². The fourth-order valence-electron chi connectivity index (χ4n) is 3.00. The van der Waals surface area contributed by atoms with Gasteiger partial charge in [0.1, 0.15) is 29.3 Å². The van der Waals surface area contributed by atoms with Gasteiger partial charge >= 0.3 is 0 Å². The van der Waals surface area contributed by atoms with Crippen LogP contribution in [0.1, 0.15) is 42.3 Å². The number of nitrogens with one attached hydrogen (secondary N) is 2. The molecule has 0 saturated heterocycles. The van der Waals surface area contributed by atoms with Crippen molar-refractivity contribution in [2.24, 2.45) is 0 Å². The number of nitrogens with two attached hydrogens (primary N) is 1. The van der Waals surface area contributed by atoms with Gasteiger partial charge in [0, 0.05) is 29.9 Å². The molecule has 2 heterocycles. The summed E-state index contributed by atoms with van der Waals surface area (Å²) in [6.07, 6.45) is 14.4. The Morgan fingerprint density at radius 2 is 2.28 bits per heavy atom. The smallest absolute Gasteiger partial charge is 0.179 e. The number of hydrogen-bond acceptors (Lipinski definition) is 7. The first kappa shape index (κ1) is 18.8. The summed E-state index contributed by atoms with van der Waals surface area (Å²) in [4.78, 5) is 8.57. The van der Waals surface area contributed by atoms with Gasteiger partial charge in [-0.1, -0.05) is 23.4 Å². The SMILES string of the molecule is N=C(/C=C(\NCC1=CC=CCC=C1F)c1ccon1)c1ncc(C2CC2)c(N)n1. The van der Waals surface area contributed by atoms with Crippen LogP contribution in [0.2, 0.25) is 0 Å². The highest BCUT2D eigenvalue weighted by Gasteiger charge is 2.27. The Kier molecular flexibility index (Phi) is 5.33. The standard InChI is InChI=1S/C21H21FN6O/c22-16-5-3-1-2-4-14(16)11-25-19(18-8-9-29-28-18)10-17(23)21-26-12-15(13-6-7-13)20(24)27-21/h1-2,4-5,8-10,12-13,23,25H,3,6-7,11H2,(H2,24,26,27)/b19-10-,23-17?. The van der Waals surface area contributed by atoms with Crippen LogP contribution < -0.4 is 11.1 Å². The van der Waals surface area contributed by atoms with Crippen molar-refractivity contribution in [3.63, 3.8) is 0 Å². The maximum Gasteiger partial charge on any atom is 0.179 e. The van der Waals surface area contributed by atoms with Gasteiger partial charge in [0.2, 0.25) is 0 Å². The molecule has 1 saturated carbocycles. The van der Waals surface area contributed by atoms with E-state index in [1.165, 1.54) is 18.4 Å². The summed E-state index contributed by atoms with van der Waals surface area (Å²) in [5, 5.41) is 15.4. The summed E-state index contributed by atoms with van der Waals surface area (Å²) < 4.78 is 19.1. The Morgan fingerprint density at radius 3 is 3.00 bits per heavy atom. The topological polar surface area (TPSA) is 114 Å². The van der Waals surface area contributed by atoms with Crippen LogP contribution in [-0.4, -0.2) is 27.4 Å². The molecule has 1 fully saturated rings. The van der Waals surface area contributed by atoms with Crippen molar-refractivity contribution in [2.45, 2.75) is 25.2 Å². The predicted molar refractivity (Wildman–Crippen MR) is 109 cm³/mol. The summed E-state index contributed by atoms with van der Waals surface area (Å²) in [6, 6.07) is 1.66. The van der Waals surface area contributed by atoms with Gasteiger partial charge in [0.15, 0.2) is 5.82 Å². The zero-order chi connectivity index (χ0) is 20.2. The third kappa shape index (κ3) is 4.48. The molecule has 0 aliphatic heterocycles. The third-order valence-electron chi connectivity index (χ3n) is 4.75.